The number of nitrogens with two attached hydrogens (primary N) is 1. The van der Waals surface area contributed by atoms with Crippen molar-refractivity contribution in [2.45, 2.75) is 30.5 Å². The van der Waals surface area contributed by atoms with Gasteiger partial charge in [-0.25, -0.2) is 0 Å². The number of carbonyl (C=O) groups excluding carboxylic acids is 1. The van der Waals surface area contributed by atoms with Crippen LogP contribution in [0.3, 0.4) is 0 Å². The van der Waals surface area contributed by atoms with Gasteiger partial charge in [0.15, 0.2) is 0 Å². The van der Waals surface area contributed by atoms with E-state index in [1.807, 2.05) is 19.2 Å². The first kappa shape index (κ1) is 15.9. The topological polar surface area (TPSA) is 70.1 Å². The SMILES string of the molecule is Cn1nccc1[C@H]1[C@@H]2CC[C@@](c3ccc(Cl)c(Cl)c3)(O2)[C@@H]1C(N)=O. The number of benzene rings is 1. The van der Waals surface area contributed by atoms with Crippen molar-refractivity contribution in [2.24, 2.45) is 18.7 Å². The zero-order valence-electron chi connectivity index (χ0n) is 13.1. The van der Waals surface area contributed by atoms with E-state index in [-0.39, 0.29) is 17.9 Å². The molecule has 0 unspecified atom stereocenters. The lowest BCUT2D eigenvalue weighted by Gasteiger charge is -2.35. The number of fused-ring (bicyclic) bond motifs is 2. The average molecular weight is 366 g/mol. The van der Waals surface area contributed by atoms with Gasteiger partial charge in [0.05, 0.1) is 22.1 Å². The minimum Gasteiger partial charge on any atom is -0.369 e. The number of aromatic nitrogens is 2. The highest BCUT2D eigenvalue weighted by Crippen LogP contribution is 2.60. The minimum atomic E-state index is -0.750. The minimum absolute atomic E-state index is 0.0626. The fourth-order valence-electron chi connectivity index (χ4n) is 4.36. The summed E-state index contributed by atoms with van der Waals surface area (Å²) in [6.45, 7) is 0. The average Bonchev–Trinajstić information content (AvgIpc) is 3.22. The van der Waals surface area contributed by atoms with Crippen LogP contribution in [0.4, 0.5) is 0 Å². The molecule has 24 heavy (non-hydrogen) atoms. The van der Waals surface area contributed by atoms with E-state index in [9.17, 15) is 4.79 Å². The normalized spacial score (nSPS) is 31.5. The molecule has 2 fully saturated rings. The summed E-state index contributed by atoms with van der Waals surface area (Å²) < 4.78 is 8.15. The zero-order valence-corrected chi connectivity index (χ0v) is 14.6. The molecule has 1 aromatic carbocycles. The number of nitrogens with zero attached hydrogens (tertiary/aromatic N) is 2. The van der Waals surface area contributed by atoms with Crippen molar-refractivity contribution in [1.82, 2.24) is 9.78 Å². The molecule has 0 aliphatic carbocycles. The van der Waals surface area contributed by atoms with Crippen LogP contribution in [0.25, 0.3) is 0 Å². The Balaban J connectivity index is 1.85. The van der Waals surface area contributed by atoms with Crippen molar-refractivity contribution in [3.63, 3.8) is 0 Å². The predicted molar refractivity (Wildman–Crippen MR) is 90.9 cm³/mol. The van der Waals surface area contributed by atoms with Crippen molar-refractivity contribution in [3.05, 3.63) is 51.8 Å². The summed E-state index contributed by atoms with van der Waals surface area (Å²) in [7, 11) is 1.87. The van der Waals surface area contributed by atoms with Crippen molar-refractivity contribution >= 4 is 29.1 Å². The van der Waals surface area contributed by atoms with Crippen LogP contribution in [0.1, 0.15) is 30.0 Å². The Morgan fingerprint density at radius 1 is 1.38 bits per heavy atom. The van der Waals surface area contributed by atoms with Crippen LogP contribution in [0.15, 0.2) is 30.5 Å². The Morgan fingerprint density at radius 3 is 2.79 bits per heavy atom. The van der Waals surface area contributed by atoms with Crippen molar-refractivity contribution in [1.29, 1.82) is 0 Å². The van der Waals surface area contributed by atoms with Gasteiger partial charge in [0, 0.05) is 24.9 Å². The summed E-state index contributed by atoms with van der Waals surface area (Å²) in [5.41, 5.74) is 6.88. The molecule has 1 amide bonds. The molecule has 0 spiro atoms. The van der Waals surface area contributed by atoms with Crippen LogP contribution in [0.5, 0.6) is 0 Å². The second-order valence-corrected chi connectivity index (χ2v) is 7.31. The lowest BCUT2D eigenvalue weighted by molar-refractivity contribution is -0.128. The number of halogens is 2. The molecular formula is C17H17Cl2N3O2. The maximum atomic E-state index is 12.4. The quantitative estimate of drug-likeness (QED) is 0.908. The number of carbonyl (C=O) groups is 1. The van der Waals surface area contributed by atoms with Gasteiger partial charge in [-0.1, -0.05) is 29.3 Å². The molecule has 2 N–H and O–H groups in total. The summed E-state index contributed by atoms with van der Waals surface area (Å²) in [6.07, 6.45) is 3.26. The predicted octanol–water partition coefficient (Wildman–Crippen LogP) is 3.00. The van der Waals surface area contributed by atoms with Gasteiger partial charge in [0.1, 0.15) is 5.60 Å². The van der Waals surface area contributed by atoms with Crippen LogP contribution in [-0.4, -0.2) is 21.8 Å². The van der Waals surface area contributed by atoms with E-state index in [1.54, 1.807) is 23.0 Å². The number of primary amides is 1. The summed E-state index contributed by atoms with van der Waals surface area (Å²) in [5, 5.41) is 5.15. The first-order valence-electron chi connectivity index (χ1n) is 7.84. The molecule has 5 nitrogen and oxygen atoms in total. The maximum Gasteiger partial charge on any atom is 0.224 e. The Kier molecular flexibility index (Phi) is 3.64. The summed E-state index contributed by atoms with van der Waals surface area (Å²) in [6, 6.07) is 7.32. The molecule has 2 aliphatic heterocycles. The molecule has 2 saturated heterocycles. The molecule has 7 heteroatoms. The smallest absolute Gasteiger partial charge is 0.224 e. The molecule has 0 radical (unpaired) electrons. The van der Waals surface area contributed by atoms with Crippen molar-refractivity contribution in [3.8, 4) is 0 Å². The van der Waals surface area contributed by atoms with Crippen LogP contribution in [0, 0.1) is 5.92 Å². The third kappa shape index (κ3) is 2.11. The van der Waals surface area contributed by atoms with E-state index in [0.717, 1.165) is 24.1 Å². The highest BCUT2D eigenvalue weighted by Gasteiger charge is 2.63. The van der Waals surface area contributed by atoms with Gasteiger partial charge in [-0.05, 0) is 36.6 Å². The second-order valence-electron chi connectivity index (χ2n) is 6.50. The first-order chi connectivity index (χ1) is 11.4. The highest BCUT2D eigenvalue weighted by molar-refractivity contribution is 6.42. The van der Waals surface area contributed by atoms with Crippen LogP contribution < -0.4 is 5.73 Å². The molecule has 0 saturated carbocycles. The molecule has 2 aliphatic rings. The van der Waals surface area contributed by atoms with Gasteiger partial charge < -0.3 is 10.5 Å². The molecule has 2 aromatic rings. The Labute approximate surface area is 149 Å². The lowest BCUT2D eigenvalue weighted by Crippen LogP contribution is -2.43. The van der Waals surface area contributed by atoms with Gasteiger partial charge in [0.25, 0.3) is 0 Å². The van der Waals surface area contributed by atoms with Crippen molar-refractivity contribution < 1.29 is 9.53 Å². The summed E-state index contributed by atoms with van der Waals surface area (Å²) >= 11 is 12.2. The van der Waals surface area contributed by atoms with Crippen LogP contribution in [-0.2, 0) is 22.2 Å². The van der Waals surface area contributed by atoms with Gasteiger partial charge in [-0.2, -0.15) is 5.10 Å². The van der Waals surface area contributed by atoms with E-state index in [4.69, 9.17) is 33.7 Å². The van der Waals surface area contributed by atoms with Gasteiger partial charge >= 0.3 is 0 Å². The number of ether oxygens (including phenoxy) is 1. The Morgan fingerprint density at radius 2 is 2.17 bits per heavy atom. The standard InChI is InChI=1S/C17H17Cl2N3O2/c1-22-12(5-7-21-22)14-13-4-6-17(24-13,15(14)16(20)23)9-2-3-10(18)11(19)8-9/h2-3,5,7-8,13-15H,4,6H2,1H3,(H2,20,23)/t13-,14-,15-,17-/m0/s1. The van der Waals surface area contributed by atoms with E-state index >= 15 is 0 Å². The fourth-order valence-corrected chi connectivity index (χ4v) is 4.66. The van der Waals surface area contributed by atoms with Crippen LogP contribution >= 0.6 is 23.2 Å². The molecule has 4 rings (SSSR count). The molecule has 2 bridgehead atoms. The first-order valence-corrected chi connectivity index (χ1v) is 8.60. The number of hydrogen-bond acceptors (Lipinski definition) is 3. The van der Waals surface area contributed by atoms with E-state index in [1.165, 1.54) is 0 Å². The van der Waals surface area contributed by atoms with Crippen LogP contribution in [0.2, 0.25) is 10.0 Å². The maximum absolute atomic E-state index is 12.4. The molecule has 126 valence electrons. The largest absolute Gasteiger partial charge is 0.369 e. The molecule has 3 heterocycles. The van der Waals surface area contributed by atoms with E-state index in [2.05, 4.69) is 5.10 Å². The molecular weight excluding hydrogens is 349 g/mol. The fraction of sp³-hybridized carbons (Fsp3) is 0.412. The van der Waals surface area contributed by atoms with Gasteiger partial charge in [-0.15, -0.1) is 0 Å². The van der Waals surface area contributed by atoms with Crippen molar-refractivity contribution in [2.75, 3.05) is 0 Å². The van der Waals surface area contributed by atoms with E-state index in [0.29, 0.717) is 10.0 Å². The van der Waals surface area contributed by atoms with Gasteiger partial charge in [0.2, 0.25) is 5.91 Å². The van der Waals surface area contributed by atoms with E-state index < -0.39 is 11.5 Å². The molecule has 4 atom stereocenters. The number of hydrogen-bond donors (Lipinski definition) is 1. The third-order valence-corrected chi connectivity index (χ3v) is 6.08. The highest BCUT2D eigenvalue weighted by atomic mass is 35.5. The number of amides is 1. The summed E-state index contributed by atoms with van der Waals surface area (Å²) in [4.78, 5) is 12.4. The number of rotatable bonds is 3. The van der Waals surface area contributed by atoms with Gasteiger partial charge in [-0.3, -0.25) is 9.48 Å². The summed E-state index contributed by atoms with van der Waals surface area (Å²) in [5.74, 6) is -0.948. The Hall–Kier alpha value is -1.56. The third-order valence-electron chi connectivity index (χ3n) is 5.34. The monoisotopic (exact) mass is 365 g/mol. The number of aryl methyl sites for hydroxylation is 1. The lowest BCUT2D eigenvalue weighted by atomic mass is 9.67. The second kappa shape index (κ2) is 5.48. The zero-order chi connectivity index (χ0) is 17.1. The molecule has 1 aromatic heterocycles. The Bertz CT molecular complexity index is 822.